The summed E-state index contributed by atoms with van der Waals surface area (Å²) in [7, 11) is 0. The maximum Gasteiger partial charge on any atom is 0.253 e. The van der Waals surface area contributed by atoms with E-state index in [4.69, 9.17) is 0 Å². The molecule has 0 atom stereocenters. The molecular formula is C24H23BrN4O2. The van der Waals surface area contributed by atoms with Crippen LogP contribution < -0.4 is 10.2 Å². The van der Waals surface area contributed by atoms with Gasteiger partial charge in [0, 0.05) is 36.2 Å². The van der Waals surface area contributed by atoms with Crippen molar-refractivity contribution < 1.29 is 9.59 Å². The predicted octanol–water partition coefficient (Wildman–Crippen LogP) is 3.99. The second-order valence-electron chi connectivity index (χ2n) is 7.40. The largest absolute Gasteiger partial charge is 0.353 e. The van der Waals surface area contributed by atoms with Crippen LogP contribution in [-0.2, 0) is 11.2 Å². The number of piperazine rings is 1. The van der Waals surface area contributed by atoms with Crippen LogP contribution in [0.3, 0.4) is 0 Å². The van der Waals surface area contributed by atoms with E-state index in [0.29, 0.717) is 30.8 Å². The highest BCUT2D eigenvalue weighted by Crippen LogP contribution is 2.18. The fraction of sp³-hybridized carbons (Fsp3) is 0.208. The molecule has 4 rings (SSSR count). The van der Waals surface area contributed by atoms with Crippen molar-refractivity contribution >= 4 is 39.2 Å². The summed E-state index contributed by atoms with van der Waals surface area (Å²) in [5.41, 5.74) is 2.35. The van der Waals surface area contributed by atoms with Crippen LogP contribution in [0.1, 0.15) is 15.9 Å². The first-order chi connectivity index (χ1) is 15.1. The molecule has 1 N–H and O–H groups in total. The Labute approximate surface area is 190 Å². The van der Waals surface area contributed by atoms with Gasteiger partial charge in [-0.2, -0.15) is 0 Å². The lowest BCUT2D eigenvalue weighted by molar-refractivity contribution is -0.115. The summed E-state index contributed by atoms with van der Waals surface area (Å²) in [6.45, 7) is 2.72. The molecule has 1 aliphatic rings. The molecule has 2 amide bonds. The molecule has 0 radical (unpaired) electrons. The van der Waals surface area contributed by atoms with Gasteiger partial charge in [-0.3, -0.25) is 9.59 Å². The number of benzene rings is 2. The van der Waals surface area contributed by atoms with E-state index < -0.39 is 0 Å². The summed E-state index contributed by atoms with van der Waals surface area (Å²) < 4.78 is 0.958. The highest BCUT2D eigenvalue weighted by Gasteiger charge is 2.22. The van der Waals surface area contributed by atoms with Crippen LogP contribution in [-0.4, -0.2) is 47.9 Å². The molecule has 158 valence electrons. The topological polar surface area (TPSA) is 65.5 Å². The Kier molecular flexibility index (Phi) is 6.62. The van der Waals surface area contributed by atoms with Gasteiger partial charge in [-0.15, -0.1) is 0 Å². The fourth-order valence-electron chi connectivity index (χ4n) is 3.55. The van der Waals surface area contributed by atoms with Gasteiger partial charge in [0.15, 0.2) is 0 Å². The van der Waals surface area contributed by atoms with Gasteiger partial charge < -0.3 is 15.1 Å². The third kappa shape index (κ3) is 5.49. The van der Waals surface area contributed by atoms with Crippen LogP contribution >= 0.6 is 15.9 Å². The Hall–Kier alpha value is -3.19. The molecule has 0 unspecified atom stereocenters. The van der Waals surface area contributed by atoms with Crippen LogP contribution in [0.2, 0.25) is 0 Å². The number of anilines is 2. The van der Waals surface area contributed by atoms with Crippen LogP contribution in [0.4, 0.5) is 11.5 Å². The SMILES string of the molecule is O=C(Cc1ccccc1)Nc1ccc(N2CCN(C(=O)c3ccc(Br)cc3)CC2)nc1. The number of nitrogens with zero attached hydrogens (tertiary/aromatic N) is 3. The standard InChI is InChI=1S/C24H23BrN4O2/c25-20-8-6-19(7-9-20)24(31)29-14-12-28(13-15-29)22-11-10-21(17-26-22)27-23(30)16-18-4-2-1-3-5-18/h1-11,17H,12-16H2,(H,27,30). The number of amides is 2. The van der Waals surface area contributed by atoms with Gasteiger partial charge in [-0.1, -0.05) is 46.3 Å². The molecule has 0 aliphatic carbocycles. The van der Waals surface area contributed by atoms with E-state index >= 15 is 0 Å². The van der Waals surface area contributed by atoms with Crippen LogP contribution in [0.5, 0.6) is 0 Å². The lowest BCUT2D eigenvalue weighted by Gasteiger charge is -2.35. The molecule has 2 heterocycles. The Morgan fingerprint density at radius 1 is 0.903 bits per heavy atom. The molecule has 3 aromatic rings. The molecule has 2 aromatic carbocycles. The van der Waals surface area contributed by atoms with Gasteiger partial charge in [0.2, 0.25) is 5.91 Å². The molecule has 31 heavy (non-hydrogen) atoms. The number of pyridine rings is 1. The van der Waals surface area contributed by atoms with E-state index in [1.807, 2.05) is 71.6 Å². The quantitative estimate of drug-likeness (QED) is 0.601. The number of hydrogen-bond acceptors (Lipinski definition) is 4. The molecule has 0 spiro atoms. The zero-order valence-corrected chi connectivity index (χ0v) is 18.6. The molecule has 0 bridgehead atoms. The molecule has 1 aromatic heterocycles. The minimum absolute atomic E-state index is 0.0524. The van der Waals surface area contributed by atoms with Gasteiger partial charge in [-0.25, -0.2) is 4.98 Å². The van der Waals surface area contributed by atoms with Crippen molar-refractivity contribution in [1.29, 1.82) is 0 Å². The minimum Gasteiger partial charge on any atom is -0.353 e. The third-order valence-corrected chi connectivity index (χ3v) is 5.75. The summed E-state index contributed by atoms with van der Waals surface area (Å²) in [5.74, 6) is 0.828. The monoisotopic (exact) mass is 478 g/mol. The average molecular weight is 479 g/mol. The number of aromatic nitrogens is 1. The number of halogens is 1. The van der Waals surface area contributed by atoms with Crippen molar-refractivity contribution in [2.24, 2.45) is 0 Å². The number of rotatable bonds is 5. The Morgan fingerprint density at radius 2 is 1.61 bits per heavy atom. The lowest BCUT2D eigenvalue weighted by Crippen LogP contribution is -2.49. The van der Waals surface area contributed by atoms with Gasteiger partial charge in [0.25, 0.3) is 5.91 Å². The van der Waals surface area contributed by atoms with E-state index in [-0.39, 0.29) is 11.8 Å². The molecule has 7 heteroatoms. The lowest BCUT2D eigenvalue weighted by atomic mass is 10.1. The van der Waals surface area contributed by atoms with E-state index in [0.717, 1.165) is 28.9 Å². The second-order valence-corrected chi connectivity index (χ2v) is 8.32. The molecule has 1 aliphatic heterocycles. The Morgan fingerprint density at radius 3 is 2.26 bits per heavy atom. The summed E-state index contributed by atoms with van der Waals surface area (Å²) in [5, 5.41) is 2.89. The summed E-state index contributed by atoms with van der Waals surface area (Å²) >= 11 is 3.40. The van der Waals surface area contributed by atoms with Crippen molar-refractivity contribution in [2.75, 3.05) is 36.4 Å². The first kappa shape index (κ1) is 21.1. The number of nitrogens with one attached hydrogen (secondary N) is 1. The number of hydrogen-bond donors (Lipinski definition) is 1. The predicted molar refractivity (Wildman–Crippen MR) is 125 cm³/mol. The van der Waals surface area contributed by atoms with Gasteiger partial charge in [-0.05, 0) is 42.0 Å². The normalized spacial score (nSPS) is 13.7. The van der Waals surface area contributed by atoms with E-state index in [9.17, 15) is 9.59 Å². The molecule has 0 saturated carbocycles. The number of carbonyl (C=O) groups excluding carboxylic acids is 2. The van der Waals surface area contributed by atoms with Gasteiger partial charge >= 0.3 is 0 Å². The molecule has 1 saturated heterocycles. The highest BCUT2D eigenvalue weighted by molar-refractivity contribution is 9.10. The van der Waals surface area contributed by atoms with E-state index in [2.05, 4.69) is 31.1 Å². The first-order valence-electron chi connectivity index (χ1n) is 10.2. The Bertz CT molecular complexity index is 1030. The van der Waals surface area contributed by atoms with Crippen molar-refractivity contribution in [2.45, 2.75) is 6.42 Å². The smallest absolute Gasteiger partial charge is 0.253 e. The third-order valence-electron chi connectivity index (χ3n) is 5.22. The van der Waals surface area contributed by atoms with Crippen molar-refractivity contribution in [1.82, 2.24) is 9.88 Å². The zero-order valence-electron chi connectivity index (χ0n) is 17.0. The second kappa shape index (κ2) is 9.75. The van der Waals surface area contributed by atoms with E-state index in [1.54, 1.807) is 6.20 Å². The number of carbonyl (C=O) groups is 2. The average Bonchev–Trinajstić information content (AvgIpc) is 2.80. The van der Waals surface area contributed by atoms with Crippen LogP contribution in [0, 0.1) is 0 Å². The maximum absolute atomic E-state index is 12.7. The zero-order chi connectivity index (χ0) is 21.6. The molecule has 1 fully saturated rings. The van der Waals surface area contributed by atoms with Crippen LogP contribution in [0.25, 0.3) is 0 Å². The summed E-state index contributed by atoms with van der Waals surface area (Å²) in [4.78, 5) is 33.4. The first-order valence-corrected chi connectivity index (χ1v) is 11.0. The summed E-state index contributed by atoms with van der Waals surface area (Å²) in [6.07, 6.45) is 2.01. The van der Waals surface area contributed by atoms with Crippen molar-refractivity contribution in [3.63, 3.8) is 0 Å². The highest BCUT2D eigenvalue weighted by atomic mass is 79.9. The molecule has 6 nitrogen and oxygen atoms in total. The van der Waals surface area contributed by atoms with Crippen molar-refractivity contribution in [3.05, 3.63) is 88.5 Å². The van der Waals surface area contributed by atoms with Crippen LogP contribution in [0.15, 0.2) is 77.4 Å². The van der Waals surface area contributed by atoms with Gasteiger partial charge in [0.05, 0.1) is 18.3 Å². The minimum atomic E-state index is -0.0687. The van der Waals surface area contributed by atoms with Gasteiger partial charge in [0.1, 0.15) is 5.82 Å². The maximum atomic E-state index is 12.7. The summed E-state index contributed by atoms with van der Waals surface area (Å²) in [6, 6.07) is 20.9. The van der Waals surface area contributed by atoms with Crippen molar-refractivity contribution in [3.8, 4) is 0 Å². The van der Waals surface area contributed by atoms with E-state index in [1.165, 1.54) is 0 Å². The molecular weight excluding hydrogens is 456 g/mol. The Balaban J connectivity index is 1.29. The fourth-order valence-corrected chi connectivity index (χ4v) is 3.81.